The van der Waals surface area contributed by atoms with E-state index < -0.39 is 0 Å². The van der Waals surface area contributed by atoms with E-state index >= 15 is 0 Å². The number of aromatic nitrogens is 1. The van der Waals surface area contributed by atoms with Gasteiger partial charge in [0.25, 0.3) is 0 Å². The van der Waals surface area contributed by atoms with Gasteiger partial charge in [-0.2, -0.15) is 0 Å². The zero-order valence-corrected chi connectivity index (χ0v) is 10.2. The maximum Gasteiger partial charge on any atom is 0.0887 e. The fourth-order valence-corrected chi connectivity index (χ4v) is 1.54. The van der Waals surface area contributed by atoms with Crippen molar-refractivity contribution in [3.8, 4) is 0 Å². The molecule has 1 N–H and O–H groups in total. The predicted molar refractivity (Wildman–Crippen MR) is 68.6 cm³/mol. The molecule has 0 aliphatic heterocycles. The van der Waals surface area contributed by atoms with Crippen molar-refractivity contribution >= 4 is 0 Å². The maximum atomic E-state index is 5.46. The first-order chi connectivity index (χ1) is 8.38. The van der Waals surface area contributed by atoms with E-state index in [1.54, 1.807) is 0 Å². The average molecular weight is 232 g/mol. The second kappa shape index (κ2) is 6.52. The molecule has 0 amide bonds. The summed E-state index contributed by atoms with van der Waals surface area (Å²) >= 11 is 0. The first-order valence-corrected chi connectivity index (χ1v) is 6.24. The third-order valence-corrected chi connectivity index (χ3v) is 2.77. The summed E-state index contributed by atoms with van der Waals surface area (Å²) in [5.74, 6) is 0. The molecule has 1 fully saturated rings. The highest BCUT2D eigenvalue weighted by Crippen LogP contribution is 2.19. The minimum absolute atomic E-state index is 0.587. The average Bonchev–Trinajstić information content (AvgIpc) is 3.18. The zero-order chi connectivity index (χ0) is 11.9. The monoisotopic (exact) mass is 232 g/mol. The van der Waals surface area contributed by atoms with Gasteiger partial charge in [-0.3, -0.25) is 4.98 Å². The van der Waals surface area contributed by atoms with Crippen LogP contribution in [-0.2, 0) is 17.9 Å². The molecule has 1 aromatic heterocycles. The molecule has 0 aromatic carbocycles. The quantitative estimate of drug-likeness (QED) is 0.552. The Balaban J connectivity index is 1.70. The number of hydrogen-bond acceptors (Lipinski definition) is 3. The lowest BCUT2D eigenvalue weighted by atomic mass is 10.2. The minimum atomic E-state index is 0.587. The Morgan fingerprint density at radius 1 is 1.47 bits per heavy atom. The molecule has 1 saturated carbocycles. The molecule has 3 nitrogen and oxygen atoms in total. The van der Waals surface area contributed by atoms with Crippen LogP contribution in [0.25, 0.3) is 0 Å². The van der Waals surface area contributed by atoms with E-state index in [2.05, 4.69) is 22.9 Å². The molecule has 0 atom stereocenters. The Bertz CT molecular complexity index is 344. The molecular weight excluding hydrogens is 212 g/mol. The van der Waals surface area contributed by atoms with Crippen LogP contribution in [0.3, 0.4) is 0 Å². The van der Waals surface area contributed by atoms with E-state index in [1.807, 2.05) is 18.3 Å². The highest BCUT2D eigenvalue weighted by Gasteiger charge is 2.19. The molecule has 3 heteroatoms. The number of rotatable bonds is 8. The van der Waals surface area contributed by atoms with Crippen molar-refractivity contribution in [1.82, 2.24) is 10.3 Å². The van der Waals surface area contributed by atoms with Crippen molar-refractivity contribution in [3.63, 3.8) is 0 Å². The molecule has 1 aliphatic rings. The van der Waals surface area contributed by atoms with E-state index in [-0.39, 0.29) is 0 Å². The van der Waals surface area contributed by atoms with Gasteiger partial charge in [-0.25, -0.2) is 0 Å². The van der Waals surface area contributed by atoms with E-state index in [0.29, 0.717) is 6.61 Å². The van der Waals surface area contributed by atoms with Crippen LogP contribution in [0.4, 0.5) is 0 Å². The van der Waals surface area contributed by atoms with Crippen molar-refractivity contribution in [2.24, 2.45) is 0 Å². The SMILES string of the molecule is C=CCCOCc1ccc(CNC2CC2)cn1. The molecule has 1 aliphatic carbocycles. The fraction of sp³-hybridized carbons (Fsp3) is 0.500. The zero-order valence-electron chi connectivity index (χ0n) is 10.2. The van der Waals surface area contributed by atoms with Gasteiger partial charge in [0.1, 0.15) is 0 Å². The van der Waals surface area contributed by atoms with Gasteiger partial charge in [0.15, 0.2) is 0 Å². The number of pyridine rings is 1. The Morgan fingerprint density at radius 3 is 3.00 bits per heavy atom. The van der Waals surface area contributed by atoms with Gasteiger partial charge in [0.05, 0.1) is 18.9 Å². The van der Waals surface area contributed by atoms with Gasteiger partial charge in [-0.15, -0.1) is 6.58 Å². The Morgan fingerprint density at radius 2 is 2.35 bits per heavy atom. The van der Waals surface area contributed by atoms with Crippen LogP contribution < -0.4 is 5.32 Å². The smallest absolute Gasteiger partial charge is 0.0887 e. The fourth-order valence-electron chi connectivity index (χ4n) is 1.54. The third kappa shape index (κ3) is 4.67. The van der Waals surface area contributed by atoms with Crippen molar-refractivity contribution < 1.29 is 4.74 Å². The van der Waals surface area contributed by atoms with Crippen molar-refractivity contribution in [2.45, 2.75) is 38.5 Å². The Labute approximate surface area is 103 Å². The van der Waals surface area contributed by atoms with Crippen LogP contribution in [0.5, 0.6) is 0 Å². The minimum Gasteiger partial charge on any atom is -0.375 e. The Hall–Kier alpha value is -1.19. The lowest BCUT2D eigenvalue weighted by molar-refractivity contribution is 0.122. The molecule has 0 saturated heterocycles. The normalized spacial score (nSPS) is 14.8. The number of ether oxygens (including phenoxy) is 1. The van der Waals surface area contributed by atoms with Gasteiger partial charge in [-0.1, -0.05) is 12.1 Å². The topological polar surface area (TPSA) is 34.1 Å². The summed E-state index contributed by atoms with van der Waals surface area (Å²) in [7, 11) is 0. The summed E-state index contributed by atoms with van der Waals surface area (Å²) in [6.45, 7) is 5.89. The highest BCUT2D eigenvalue weighted by atomic mass is 16.5. The molecule has 1 aromatic rings. The molecular formula is C14H20N2O. The van der Waals surface area contributed by atoms with E-state index in [1.165, 1.54) is 18.4 Å². The van der Waals surface area contributed by atoms with Crippen molar-refractivity contribution in [3.05, 3.63) is 42.2 Å². The second-order valence-electron chi connectivity index (χ2n) is 4.44. The van der Waals surface area contributed by atoms with Crippen LogP contribution in [0.1, 0.15) is 30.5 Å². The number of hydrogen-bond donors (Lipinski definition) is 1. The van der Waals surface area contributed by atoms with E-state index in [9.17, 15) is 0 Å². The van der Waals surface area contributed by atoms with Gasteiger partial charge < -0.3 is 10.1 Å². The molecule has 0 bridgehead atoms. The molecule has 0 unspecified atom stereocenters. The molecule has 1 heterocycles. The van der Waals surface area contributed by atoms with Crippen LogP contribution >= 0.6 is 0 Å². The maximum absolute atomic E-state index is 5.46. The molecule has 92 valence electrons. The van der Waals surface area contributed by atoms with Crippen LogP contribution in [-0.4, -0.2) is 17.6 Å². The van der Waals surface area contributed by atoms with Crippen LogP contribution in [0.15, 0.2) is 31.0 Å². The summed E-state index contributed by atoms with van der Waals surface area (Å²) in [5.41, 5.74) is 2.23. The predicted octanol–water partition coefficient (Wildman–Crippen LogP) is 2.43. The first kappa shape index (κ1) is 12.3. The molecule has 2 rings (SSSR count). The summed E-state index contributed by atoms with van der Waals surface area (Å²) < 4.78 is 5.46. The largest absolute Gasteiger partial charge is 0.375 e. The number of nitrogens with one attached hydrogen (secondary N) is 1. The summed E-state index contributed by atoms with van der Waals surface area (Å²) in [5, 5.41) is 3.47. The summed E-state index contributed by atoms with van der Waals surface area (Å²) in [4.78, 5) is 4.38. The highest BCUT2D eigenvalue weighted by molar-refractivity contribution is 5.13. The van der Waals surface area contributed by atoms with E-state index in [4.69, 9.17) is 4.74 Å². The summed E-state index contributed by atoms with van der Waals surface area (Å²) in [6, 6.07) is 4.91. The lowest BCUT2D eigenvalue weighted by Crippen LogP contribution is -2.15. The van der Waals surface area contributed by atoms with Crippen LogP contribution in [0, 0.1) is 0 Å². The number of nitrogens with zero attached hydrogens (tertiary/aromatic N) is 1. The van der Waals surface area contributed by atoms with Gasteiger partial charge in [0.2, 0.25) is 0 Å². The van der Waals surface area contributed by atoms with Crippen molar-refractivity contribution in [2.75, 3.05) is 6.61 Å². The summed E-state index contributed by atoms with van der Waals surface area (Å²) in [6.07, 6.45) is 7.33. The first-order valence-electron chi connectivity index (χ1n) is 6.24. The van der Waals surface area contributed by atoms with Gasteiger partial charge >= 0.3 is 0 Å². The third-order valence-electron chi connectivity index (χ3n) is 2.77. The van der Waals surface area contributed by atoms with Crippen LogP contribution in [0.2, 0.25) is 0 Å². The molecule has 17 heavy (non-hydrogen) atoms. The lowest BCUT2D eigenvalue weighted by Gasteiger charge is -2.05. The van der Waals surface area contributed by atoms with Gasteiger partial charge in [0, 0.05) is 18.8 Å². The van der Waals surface area contributed by atoms with Gasteiger partial charge in [-0.05, 0) is 30.9 Å². The standard InChI is InChI=1S/C14H20N2O/c1-2-3-8-17-11-14-5-4-12(10-16-14)9-15-13-6-7-13/h2,4-5,10,13,15H,1,3,6-9,11H2. The van der Waals surface area contributed by atoms with Crippen molar-refractivity contribution in [1.29, 1.82) is 0 Å². The molecule has 0 spiro atoms. The molecule has 0 radical (unpaired) electrons. The Kier molecular flexibility index (Phi) is 4.71. The second-order valence-corrected chi connectivity index (χ2v) is 4.44. The van der Waals surface area contributed by atoms with E-state index in [0.717, 1.165) is 31.3 Å².